The van der Waals surface area contributed by atoms with Crippen molar-refractivity contribution in [1.29, 1.82) is 0 Å². The Balaban J connectivity index is 0. The molecule has 0 unspecified atom stereocenters. The number of carboxylic acid groups (broad SMARTS) is 1. The third-order valence-electron chi connectivity index (χ3n) is 0.350. The Labute approximate surface area is 72.7 Å². The van der Waals surface area contributed by atoms with Gasteiger partial charge in [-0.15, -0.1) is 11.6 Å². The molecule has 4 heteroatoms. The number of hydrogen-bond acceptors (Lipinski definition) is 1. The van der Waals surface area contributed by atoms with Crippen LogP contribution in [0.25, 0.3) is 0 Å². The monoisotopic (exact) mass is 325 g/mol. The zero-order valence-corrected chi connectivity index (χ0v) is 9.42. The van der Waals surface area contributed by atoms with Gasteiger partial charge in [0.25, 0.3) is 0 Å². The quantitative estimate of drug-likeness (QED) is 0.456. The first-order chi connectivity index (χ1) is 3.27. The maximum atomic E-state index is 9.61. The number of rotatable bonds is 2. The first-order valence-corrected chi connectivity index (χ1v) is 2.26. The largest absolute Gasteiger partial charge is 0.478 e. The van der Waals surface area contributed by atoms with Gasteiger partial charge < -0.3 is 5.11 Å². The Hall–Kier alpha value is 0.422. The molecule has 0 rings (SSSR count). The Morgan fingerprint density at radius 2 is 2.25 bits per heavy atom. The Kier molecular flexibility index (Phi) is 10.4. The molecule has 0 bridgehead atoms. The molecule has 0 aliphatic rings. The average molecular weight is 325 g/mol. The van der Waals surface area contributed by atoms with Crippen molar-refractivity contribution in [2.45, 2.75) is 0 Å². The van der Waals surface area contributed by atoms with Crippen LogP contribution in [0.3, 0.4) is 0 Å². The zero-order chi connectivity index (χ0) is 5.70. The molecular formula is C4H5ClO2Tl. The molecule has 8 heavy (non-hydrogen) atoms. The fourth-order valence-corrected chi connectivity index (χ4v) is 0.234. The second kappa shape index (κ2) is 7.42. The maximum absolute atomic E-state index is 9.61. The van der Waals surface area contributed by atoms with Crippen molar-refractivity contribution in [2.24, 2.45) is 0 Å². The van der Waals surface area contributed by atoms with E-state index in [9.17, 15) is 4.79 Å². The van der Waals surface area contributed by atoms with Crippen LogP contribution in [0.1, 0.15) is 0 Å². The summed E-state index contributed by atoms with van der Waals surface area (Å²) in [5.74, 6) is -0.701. The molecule has 0 aliphatic heterocycles. The van der Waals surface area contributed by atoms with Crippen molar-refractivity contribution in [1.82, 2.24) is 0 Å². The zero-order valence-electron chi connectivity index (χ0n) is 4.17. The first-order valence-electron chi connectivity index (χ1n) is 1.73. The third-order valence-corrected chi connectivity index (χ3v) is 0.528. The Morgan fingerprint density at radius 3 is 2.38 bits per heavy atom. The van der Waals surface area contributed by atoms with E-state index in [4.69, 9.17) is 16.7 Å². The molecule has 0 aromatic rings. The van der Waals surface area contributed by atoms with E-state index in [2.05, 4.69) is 0 Å². The molecular weight excluding hydrogens is 320 g/mol. The summed E-state index contributed by atoms with van der Waals surface area (Å²) in [6.07, 6.45) is 2.37. The molecule has 0 aromatic carbocycles. The third kappa shape index (κ3) is 9.66. The minimum atomic E-state index is -0.958. The summed E-state index contributed by atoms with van der Waals surface area (Å²) >= 11 is 5.10. The van der Waals surface area contributed by atoms with Gasteiger partial charge in [-0.2, -0.15) is 0 Å². The van der Waals surface area contributed by atoms with Crippen LogP contribution >= 0.6 is 11.6 Å². The normalized spacial score (nSPS) is 8.62. The standard InChI is InChI=1S/C4H5ClO2.Tl/c5-3-1-2-4(6)7;/h1-2H,3H2,(H,6,7);/b2-1+;. The summed E-state index contributed by atoms with van der Waals surface area (Å²) in [6.45, 7) is 0. The van der Waals surface area contributed by atoms with Gasteiger partial charge in [0.15, 0.2) is 0 Å². The maximum Gasteiger partial charge on any atom is 0.328 e. The molecule has 0 aliphatic carbocycles. The number of carboxylic acids is 1. The summed E-state index contributed by atoms with van der Waals surface area (Å²) < 4.78 is 0. The summed E-state index contributed by atoms with van der Waals surface area (Å²) in [5, 5.41) is 7.90. The molecule has 43 valence electrons. The summed E-state index contributed by atoms with van der Waals surface area (Å²) in [4.78, 5) is 9.61. The van der Waals surface area contributed by atoms with Gasteiger partial charge in [0.05, 0.1) is 0 Å². The molecule has 0 atom stereocenters. The molecule has 1 radical (unpaired) electrons. The number of aliphatic carboxylic acids is 1. The number of halogens is 1. The van der Waals surface area contributed by atoms with E-state index in [0.717, 1.165) is 6.08 Å². The van der Waals surface area contributed by atoms with Crippen molar-refractivity contribution < 1.29 is 9.90 Å². The molecule has 0 amide bonds. The molecule has 2 nitrogen and oxygen atoms in total. The van der Waals surface area contributed by atoms with Gasteiger partial charge in [0, 0.05) is 39.3 Å². The summed E-state index contributed by atoms with van der Waals surface area (Å²) in [7, 11) is 0. The van der Waals surface area contributed by atoms with Gasteiger partial charge in [-0.3, -0.25) is 0 Å². The number of alkyl halides is 1. The van der Waals surface area contributed by atoms with Gasteiger partial charge in [-0.25, -0.2) is 4.79 Å². The van der Waals surface area contributed by atoms with E-state index in [-0.39, 0.29) is 33.2 Å². The molecule has 0 saturated carbocycles. The summed E-state index contributed by atoms with van der Waals surface area (Å²) in [6, 6.07) is 0. The summed E-state index contributed by atoms with van der Waals surface area (Å²) in [5.41, 5.74) is 0. The number of carbonyl (C=O) groups is 1. The minimum Gasteiger partial charge on any atom is -0.478 e. The predicted octanol–water partition coefficient (Wildman–Crippen LogP) is 0.485. The minimum absolute atomic E-state index is 0. The number of hydrogen-bond donors (Lipinski definition) is 1. The van der Waals surface area contributed by atoms with Crippen LogP contribution < -0.4 is 0 Å². The SMILES string of the molecule is O=C(O)/C=C/CCl.[Tl]. The van der Waals surface area contributed by atoms with E-state index in [1.54, 1.807) is 0 Å². The molecule has 0 saturated heterocycles. The average Bonchev–Trinajstić information content (AvgIpc) is 1.61. The van der Waals surface area contributed by atoms with Gasteiger partial charge >= 0.3 is 5.97 Å². The van der Waals surface area contributed by atoms with Gasteiger partial charge in [0.1, 0.15) is 0 Å². The van der Waals surface area contributed by atoms with Gasteiger partial charge in [0.2, 0.25) is 0 Å². The number of allylic oxidation sites excluding steroid dienone is 1. The van der Waals surface area contributed by atoms with E-state index in [0.29, 0.717) is 0 Å². The van der Waals surface area contributed by atoms with Crippen LogP contribution in [0.15, 0.2) is 12.2 Å². The predicted molar refractivity (Wildman–Crippen MR) is 33.2 cm³/mol. The second-order valence-corrected chi connectivity index (χ2v) is 1.20. The van der Waals surface area contributed by atoms with Crippen LogP contribution in [0.5, 0.6) is 0 Å². The molecule has 0 heterocycles. The fraction of sp³-hybridized carbons (Fsp3) is 0.250. The fourth-order valence-electron chi connectivity index (χ4n) is 0.145. The molecule has 0 fully saturated rings. The smallest absolute Gasteiger partial charge is 0.328 e. The van der Waals surface area contributed by atoms with Gasteiger partial charge in [-0.1, -0.05) is 6.08 Å². The molecule has 1 N–H and O–H groups in total. The van der Waals surface area contributed by atoms with Crippen LogP contribution in [-0.2, 0) is 4.79 Å². The van der Waals surface area contributed by atoms with E-state index in [1.807, 2.05) is 0 Å². The van der Waals surface area contributed by atoms with Crippen LogP contribution in [0.4, 0.5) is 0 Å². The molecule has 0 aromatic heterocycles. The topological polar surface area (TPSA) is 37.3 Å². The van der Waals surface area contributed by atoms with E-state index in [1.165, 1.54) is 6.08 Å². The van der Waals surface area contributed by atoms with Crippen LogP contribution in [0.2, 0.25) is 0 Å². The second-order valence-electron chi connectivity index (χ2n) is 0.895. The Bertz CT molecular complexity index is 92.0. The van der Waals surface area contributed by atoms with Crippen molar-refractivity contribution in [3.63, 3.8) is 0 Å². The molecule has 0 spiro atoms. The van der Waals surface area contributed by atoms with Crippen molar-refractivity contribution >= 4 is 44.9 Å². The van der Waals surface area contributed by atoms with E-state index >= 15 is 0 Å². The van der Waals surface area contributed by atoms with Crippen molar-refractivity contribution in [3.8, 4) is 0 Å². The van der Waals surface area contributed by atoms with Crippen molar-refractivity contribution in [3.05, 3.63) is 12.2 Å². The Morgan fingerprint density at radius 1 is 1.75 bits per heavy atom. The van der Waals surface area contributed by atoms with Crippen molar-refractivity contribution in [2.75, 3.05) is 5.88 Å². The van der Waals surface area contributed by atoms with E-state index < -0.39 is 5.97 Å². The van der Waals surface area contributed by atoms with Crippen LogP contribution in [-0.4, -0.2) is 44.3 Å². The first kappa shape index (κ1) is 11.2. The van der Waals surface area contributed by atoms with Gasteiger partial charge in [-0.05, 0) is 0 Å². The van der Waals surface area contributed by atoms with Crippen LogP contribution in [0, 0.1) is 0 Å².